The Balaban J connectivity index is 2.44. The molecule has 0 saturated carbocycles. The van der Waals surface area contributed by atoms with Gasteiger partial charge < -0.3 is 9.84 Å². The van der Waals surface area contributed by atoms with Crippen LogP contribution < -0.4 is 4.74 Å². The quantitative estimate of drug-likeness (QED) is 0.649. The molecule has 1 aliphatic rings. The number of benzene rings is 1. The monoisotopic (exact) mass is 359 g/mol. The molecule has 4 nitrogen and oxygen atoms in total. The molecule has 7 heteroatoms. The summed E-state index contributed by atoms with van der Waals surface area (Å²) in [5.74, 6) is 0.255. The highest BCUT2D eigenvalue weighted by Crippen LogP contribution is 2.36. The van der Waals surface area contributed by atoms with Crippen molar-refractivity contribution in [3.8, 4) is 11.5 Å². The molecule has 1 aromatic carbocycles. The fourth-order valence-electron chi connectivity index (χ4n) is 1.52. The number of thiocarbonyl (C=S) groups is 1. The molecular formula is C12H10BrNO3S2. The molecule has 1 fully saturated rings. The van der Waals surface area contributed by atoms with Gasteiger partial charge in [-0.25, -0.2) is 0 Å². The number of amides is 1. The van der Waals surface area contributed by atoms with Crippen LogP contribution in [0.25, 0.3) is 6.08 Å². The van der Waals surface area contributed by atoms with E-state index in [0.717, 1.165) is 5.56 Å². The van der Waals surface area contributed by atoms with Gasteiger partial charge in [-0.1, -0.05) is 39.9 Å². The van der Waals surface area contributed by atoms with Crippen molar-refractivity contribution in [1.29, 1.82) is 0 Å². The van der Waals surface area contributed by atoms with Crippen LogP contribution in [-0.2, 0) is 4.79 Å². The zero-order chi connectivity index (χ0) is 14.2. The Hall–Kier alpha value is -1.05. The molecule has 1 saturated heterocycles. The first-order chi connectivity index (χ1) is 8.93. The molecule has 0 spiro atoms. The molecule has 0 aliphatic carbocycles. The smallest absolute Gasteiger partial charge is 0.265 e. The lowest BCUT2D eigenvalue weighted by molar-refractivity contribution is -0.121. The molecule has 1 amide bonds. The molecule has 100 valence electrons. The third-order valence-corrected chi connectivity index (χ3v) is 4.74. The van der Waals surface area contributed by atoms with Crippen LogP contribution >= 0.6 is 39.9 Å². The van der Waals surface area contributed by atoms with E-state index in [1.165, 1.54) is 29.8 Å². The Bertz CT molecular complexity index is 601. The van der Waals surface area contributed by atoms with Gasteiger partial charge >= 0.3 is 0 Å². The normalized spacial score (nSPS) is 17.4. The van der Waals surface area contributed by atoms with Gasteiger partial charge in [-0.15, -0.1) is 0 Å². The number of methoxy groups -OCH3 is 1. The van der Waals surface area contributed by atoms with E-state index in [1.54, 1.807) is 19.2 Å². The van der Waals surface area contributed by atoms with Crippen molar-refractivity contribution in [3.05, 3.63) is 27.1 Å². The van der Waals surface area contributed by atoms with Gasteiger partial charge in [0.15, 0.2) is 11.5 Å². The summed E-state index contributed by atoms with van der Waals surface area (Å²) in [6, 6.07) is 3.18. The molecule has 0 bridgehead atoms. The maximum absolute atomic E-state index is 11.9. The SMILES string of the molecule is COc1cc(/C=C2/SC(=S)N(C)C2=O)c(Br)cc1O. The molecule has 1 heterocycles. The van der Waals surface area contributed by atoms with Gasteiger partial charge in [-0.2, -0.15) is 0 Å². The topological polar surface area (TPSA) is 49.8 Å². The van der Waals surface area contributed by atoms with Crippen LogP contribution in [0.2, 0.25) is 0 Å². The van der Waals surface area contributed by atoms with E-state index in [4.69, 9.17) is 17.0 Å². The van der Waals surface area contributed by atoms with Crippen LogP contribution in [0.3, 0.4) is 0 Å². The van der Waals surface area contributed by atoms with Crippen molar-refractivity contribution in [3.63, 3.8) is 0 Å². The minimum Gasteiger partial charge on any atom is -0.504 e. The standard InChI is InChI=1S/C12H10BrNO3S2/c1-14-11(16)10(19-12(14)18)4-6-3-9(17-2)8(15)5-7(6)13/h3-5,15H,1-2H3/b10-4+. The molecule has 19 heavy (non-hydrogen) atoms. The highest BCUT2D eigenvalue weighted by molar-refractivity contribution is 9.10. The Morgan fingerprint density at radius 3 is 2.74 bits per heavy atom. The van der Waals surface area contributed by atoms with Gasteiger partial charge in [0.05, 0.1) is 12.0 Å². The first-order valence-electron chi connectivity index (χ1n) is 5.22. The number of hydrogen-bond acceptors (Lipinski definition) is 5. The number of nitrogens with zero attached hydrogens (tertiary/aromatic N) is 1. The lowest BCUT2D eigenvalue weighted by atomic mass is 10.2. The van der Waals surface area contributed by atoms with Gasteiger partial charge in [0.2, 0.25) is 0 Å². The van der Waals surface area contributed by atoms with E-state index in [-0.39, 0.29) is 11.7 Å². The van der Waals surface area contributed by atoms with Crippen molar-refractivity contribution < 1.29 is 14.6 Å². The van der Waals surface area contributed by atoms with Crippen LogP contribution in [0.5, 0.6) is 11.5 Å². The van der Waals surface area contributed by atoms with Gasteiger partial charge in [-0.3, -0.25) is 9.69 Å². The van der Waals surface area contributed by atoms with Crippen LogP contribution in [0, 0.1) is 0 Å². The minimum atomic E-state index is -0.131. The fourth-order valence-corrected chi connectivity index (χ4v) is 3.14. The number of thioether (sulfide) groups is 1. The average Bonchev–Trinajstić information content (AvgIpc) is 2.60. The van der Waals surface area contributed by atoms with Crippen molar-refractivity contribution in [2.45, 2.75) is 0 Å². The summed E-state index contributed by atoms with van der Waals surface area (Å²) in [7, 11) is 3.11. The maximum Gasteiger partial charge on any atom is 0.265 e. The molecule has 1 aliphatic heterocycles. The van der Waals surface area contributed by atoms with Crippen molar-refractivity contribution in [1.82, 2.24) is 4.90 Å². The van der Waals surface area contributed by atoms with Gasteiger partial charge in [-0.05, 0) is 23.8 Å². The van der Waals surface area contributed by atoms with E-state index in [9.17, 15) is 9.90 Å². The Morgan fingerprint density at radius 1 is 1.53 bits per heavy atom. The van der Waals surface area contributed by atoms with E-state index in [0.29, 0.717) is 19.4 Å². The summed E-state index contributed by atoms with van der Waals surface area (Å²) in [6.45, 7) is 0. The highest BCUT2D eigenvalue weighted by atomic mass is 79.9. The Morgan fingerprint density at radius 2 is 2.21 bits per heavy atom. The Kier molecular flexibility index (Phi) is 4.17. The minimum absolute atomic E-state index is 0.0366. The first-order valence-corrected chi connectivity index (χ1v) is 7.24. The molecule has 0 radical (unpaired) electrons. The number of hydrogen-bond donors (Lipinski definition) is 1. The van der Waals surface area contributed by atoms with Crippen LogP contribution in [0.15, 0.2) is 21.5 Å². The number of ether oxygens (including phenoxy) is 1. The van der Waals surface area contributed by atoms with Crippen molar-refractivity contribution in [2.24, 2.45) is 0 Å². The number of likely N-dealkylation sites (N-methyl/N-ethyl adjacent to an activating group) is 1. The average molecular weight is 360 g/mol. The first kappa shape index (κ1) is 14.4. The van der Waals surface area contributed by atoms with Gasteiger partial charge in [0.1, 0.15) is 4.32 Å². The zero-order valence-electron chi connectivity index (χ0n) is 10.1. The third-order valence-electron chi connectivity index (χ3n) is 2.57. The number of phenols is 1. The summed E-state index contributed by atoms with van der Waals surface area (Å²) in [5.41, 5.74) is 0.739. The zero-order valence-corrected chi connectivity index (χ0v) is 13.4. The van der Waals surface area contributed by atoms with E-state index >= 15 is 0 Å². The number of aromatic hydroxyl groups is 1. The summed E-state index contributed by atoms with van der Waals surface area (Å²) in [6.07, 6.45) is 1.72. The number of carbonyl (C=O) groups is 1. The second kappa shape index (κ2) is 5.52. The van der Waals surface area contributed by atoms with Crippen molar-refractivity contribution >= 4 is 56.2 Å². The van der Waals surface area contributed by atoms with E-state index in [1.807, 2.05) is 0 Å². The van der Waals surface area contributed by atoms with Gasteiger partial charge in [0.25, 0.3) is 5.91 Å². The molecular weight excluding hydrogens is 350 g/mol. The van der Waals surface area contributed by atoms with E-state index in [2.05, 4.69) is 15.9 Å². The fraction of sp³-hybridized carbons (Fsp3) is 0.167. The largest absolute Gasteiger partial charge is 0.504 e. The summed E-state index contributed by atoms with van der Waals surface area (Å²) < 4.78 is 6.25. The lowest BCUT2D eigenvalue weighted by Gasteiger charge is -2.07. The highest BCUT2D eigenvalue weighted by Gasteiger charge is 2.28. The predicted molar refractivity (Wildman–Crippen MR) is 83.3 cm³/mol. The van der Waals surface area contributed by atoms with Crippen LogP contribution in [0.1, 0.15) is 5.56 Å². The number of carbonyl (C=O) groups excluding carboxylic acids is 1. The lowest BCUT2D eigenvalue weighted by Crippen LogP contribution is -2.22. The maximum atomic E-state index is 11.9. The third kappa shape index (κ3) is 2.77. The van der Waals surface area contributed by atoms with Gasteiger partial charge in [0, 0.05) is 11.5 Å². The predicted octanol–water partition coefficient (Wildman–Crippen LogP) is 2.99. The number of phenolic OH excluding ortho intramolecular Hbond substituents is 1. The van der Waals surface area contributed by atoms with E-state index < -0.39 is 0 Å². The van der Waals surface area contributed by atoms with Crippen LogP contribution in [0.4, 0.5) is 0 Å². The van der Waals surface area contributed by atoms with Crippen LogP contribution in [-0.4, -0.2) is 34.4 Å². The molecule has 0 aromatic heterocycles. The summed E-state index contributed by atoms with van der Waals surface area (Å²) in [4.78, 5) is 13.9. The number of halogens is 1. The molecule has 1 N–H and O–H groups in total. The number of rotatable bonds is 2. The Labute approximate surface area is 128 Å². The summed E-state index contributed by atoms with van der Waals surface area (Å²) >= 11 is 9.65. The molecule has 1 aromatic rings. The second-order valence-corrected chi connectivity index (χ2v) is 6.32. The molecule has 2 rings (SSSR count). The molecule has 0 atom stereocenters. The van der Waals surface area contributed by atoms with Crippen molar-refractivity contribution in [2.75, 3.05) is 14.2 Å². The summed E-state index contributed by atoms with van der Waals surface area (Å²) in [5, 5.41) is 9.64. The molecule has 0 unspecified atom stereocenters. The second-order valence-electron chi connectivity index (χ2n) is 3.79.